The quantitative estimate of drug-likeness (QED) is 0.830. The standard InChI is InChI=1S/C18H22N4O4S/c1-12-4-5-16(26-3)14(8-12)21-17-9-15(19-11-20-17)18(23)22(2)13-6-7-27(24,25)10-13/h4-5,8-9,11,13H,6-7,10H2,1-3H3,(H,19,20,21). The zero-order valence-electron chi connectivity index (χ0n) is 15.5. The molecule has 1 fully saturated rings. The average Bonchev–Trinajstić information content (AvgIpc) is 3.01. The lowest BCUT2D eigenvalue weighted by Crippen LogP contribution is -2.38. The first-order chi connectivity index (χ1) is 12.8. The molecule has 1 amide bonds. The number of anilines is 2. The van der Waals surface area contributed by atoms with Gasteiger partial charge in [0, 0.05) is 19.2 Å². The van der Waals surface area contributed by atoms with Crippen LogP contribution in [0.1, 0.15) is 22.5 Å². The number of benzene rings is 1. The van der Waals surface area contributed by atoms with E-state index < -0.39 is 9.84 Å². The monoisotopic (exact) mass is 390 g/mol. The van der Waals surface area contributed by atoms with Gasteiger partial charge >= 0.3 is 0 Å². The number of hydrogen-bond donors (Lipinski definition) is 1. The SMILES string of the molecule is COc1ccc(C)cc1Nc1cc(C(=O)N(C)C2CCS(=O)(=O)C2)ncn1. The molecule has 9 heteroatoms. The number of ether oxygens (including phenoxy) is 1. The van der Waals surface area contributed by atoms with E-state index in [1.807, 2.05) is 25.1 Å². The first-order valence-corrected chi connectivity index (χ1v) is 10.3. The molecule has 0 spiro atoms. The summed E-state index contributed by atoms with van der Waals surface area (Å²) in [7, 11) is 0.113. The van der Waals surface area contributed by atoms with Crippen molar-refractivity contribution in [1.29, 1.82) is 0 Å². The molecule has 1 aliphatic heterocycles. The number of nitrogens with one attached hydrogen (secondary N) is 1. The van der Waals surface area contributed by atoms with Crippen LogP contribution in [0.5, 0.6) is 5.75 Å². The normalized spacial score (nSPS) is 18.1. The number of aryl methyl sites for hydroxylation is 1. The van der Waals surface area contributed by atoms with E-state index in [1.165, 1.54) is 11.2 Å². The van der Waals surface area contributed by atoms with Crippen molar-refractivity contribution in [3.8, 4) is 5.75 Å². The fraction of sp³-hybridized carbons (Fsp3) is 0.389. The molecule has 27 heavy (non-hydrogen) atoms. The summed E-state index contributed by atoms with van der Waals surface area (Å²) in [4.78, 5) is 22.4. The molecule has 1 unspecified atom stereocenters. The summed E-state index contributed by atoms with van der Waals surface area (Å²) in [6.45, 7) is 1.96. The van der Waals surface area contributed by atoms with Gasteiger partial charge in [-0.25, -0.2) is 18.4 Å². The van der Waals surface area contributed by atoms with Crippen LogP contribution < -0.4 is 10.1 Å². The number of hydrogen-bond acceptors (Lipinski definition) is 7. The predicted molar refractivity (Wildman–Crippen MR) is 102 cm³/mol. The maximum absolute atomic E-state index is 12.7. The van der Waals surface area contributed by atoms with Gasteiger partial charge in [-0.05, 0) is 31.0 Å². The van der Waals surface area contributed by atoms with Crippen LogP contribution in [0.2, 0.25) is 0 Å². The van der Waals surface area contributed by atoms with Crippen LogP contribution in [-0.2, 0) is 9.84 Å². The van der Waals surface area contributed by atoms with E-state index >= 15 is 0 Å². The summed E-state index contributed by atoms with van der Waals surface area (Å²) in [5.74, 6) is 0.870. The molecule has 0 radical (unpaired) electrons. The highest BCUT2D eigenvalue weighted by atomic mass is 32.2. The molecule has 0 saturated carbocycles. The summed E-state index contributed by atoms with van der Waals surface area (Å²) in [5.41, 5.74) is 1.97. The number of carbonyl (C=O) groups excluding carboxylic acids is 1. The van der Waals surface area contributed by atoms with Crippen molar-refractivity contribution < 1.29 is 17.9 Å². The summed E-state index contributed by atoms with van der Waals surface area (Å²) in [6, 6.07) is 6.91. The van der Waals surface area contributed by atoms with Gasteiger partial charge in [-0.3, -0.25) is 4.79 Å². The molecule has 1 N–H and O–H groups in total. The van der Waals surface area contributed by atoms with Crippen LogP contribution in [-0.4, -0.2) is 60.9 Å². The van der Waals surface area contributed by atoms with Crippen LogP contribution in [0.4, 0.5) is 11.5 Å². The molecule has 0 aliphatic carbocycles. The molecule has 1 aromatic carbocycles. The van der Waals surface area contributed by atoms with E-state index in [1.54, 1.807) is 20.2 Å². The molecule has 2 aromatic rings. The van der Waals surface area contributed by atoms with Crippen molar-refractivity contribution >= 4 is 27.2 Å². The van der Waals surface area contributed by atoms with Gasteiger partial charge in [-0.15, -0.1) is 0 Å². The summed E-state index contributed by atoms with van der Waals surface area (Å²) >= 11 is 0. The van der Waals surface area contributed by atoms with Crippen molar-refractivity contribution in [2.45, 2.75) is 19.4 Å². The minimum atomic E-state index is -3.07. The van der Waals surface area contributed by atoms with Gasteiger partial charge in [0.2, 0.25) is 0 Å². The van der Waals surface area contributed by atoms with Crippen molar-refractivity contribution in [1.82, 2.24) is 14.9 Å². The molecular formula is C18H22N4O4S. The Morgan fingerprint density at radius 3 is 2.74 bits per heavy atom. The second-order valence-corrected chi connectivity index (χ2v) is 8.82. The first-order valence-electron chi connectivity index (χ1n) is 8.50. The van der Waals surface area contributed by atoms with E-state index in [2.05, 4.69) is 15.3 Å². The molecule has 1 atom stereocenters. The zero-order chi connectivity index (χ0) is 19.6. The predicted octanol–water partition coefficient (Wildman–Crippen LogP) is 1.80. The number of nitrogens with zero attached hydrogens (tertiary/aromatic N) is 3. The topological polar surface area (TPSA) is 101 Å². The Kier molecular flexibility index (Phi) is 5.31. The molecule has 1 aromatic heterocycles. The molecule has 144 valence electrons. The maximum atomic E-state index is 12.7. The molecule has 0 bridgehead atoms. The second kappa shape index (κ2) is 7.51. The second-order valence-electron chi connectivity index (χ2n) is 6.59. The van der Waals surface area contributed by atoms with Crippen molar-refractivity contribution in [2.24, 2.45) is 0 Å². The van der Waals surface area contributed by atoms with Crippen molar-refractivity contribution in [3.63, 3.8) is 0 Å². The van der Waals surface area contributed by atoms with Crippen LogP contribution in [0, 0.1) is 6.92 Å². The Morgan fingerprint density at radius 1 is 1.30 bits per heavy atom. The Bertz CT molecular complexity index is 962. The third-order valence-electron chi connectivity index (χ3n) is 4.58. The minimum absolute atomic E-state index is 0.00801. The number of aromatic nitrogens is 2. The van der Waals surface area contributed by atoms with E-state index in [9.17, 15) is 13.2 Å². The fourth-order valence-electron chi connectivity index (χ4n) is 3.03. The Morgan fingerprint density at radius 2 is 2.07 bits per heavy atom. The smallest absolute Gasteiger partial charge is 0.272 e. The van der Waals surface area contributed by atoms with E-state index in [4.69, 9.17) is 4.74 Å². The van der Waals surface area contributed by atoms with Crippen LogP contribution in [0.3, 0.4) is 0 Å². The average molecular weight is 390 g/mol. The fourth-order valence-corrected chi connectivity index (χ4v) is 4.80. The molecule has 2 heterocycles. The van der Waals surface area contributed by atoms with Gasteiger partial charge < -0.3 is 15.0 Å². The lowest BCUT2D eigenvalue weighted by atomic mass is 10.2. The largest absolute Gasteiger partial charge is 0.495 e. The van der Waals surface area contributed by atoms with Crippen LogP contribution in [0.15, 0.2) is 30.6 Å². The molecule has 1 saturated heterocycles. The highest BCUT2D eigenvalue weighted by Gasteiger charge is 2.33. The number of rotatable bonds is 5. The first kappa shape index (κ1) is 19.1. The Hall–Kier alpha value is -2.68. The van der Waals surface area contributed by atoms with Crippen LogP contribution >= 0.6 is 0 Å². The van der Waals surface area contributed by atoms with Gasteiger partial charge in [0.25, 0.3) is 5.91 Å². The molecule has 1 aliphatic rings. The Balaban J connectivity index is 1.79. The summed E-state index contributed by atoms with van der Waals surface area (Å²) < 4.78 is 28.7. The zero-order valence-corrected chi connectivity index (χ0v) is 16.3. The maximum Gasteiger partial charge on any atom is 0.272 e. The third-order valence-corrected chi connectivity index (χ3v) is 6.33. The number of sulfone groups is 1. The van der Waals surface area contributed by atoms with Crippen molar-refractivity contribution in [2.75, 3.05) is 31.0 Å². The molecule has 8 nitrogen and oxygen atoms in total. The third kappa shape index (κ3) is 4.36. The summed E-state index contributed by atoms with van der Waals surface area (Å²) in [5, 5.41) is 3.14. The van der Waals surface area contributed by atoms with Gasteiger partial charge in [-0.2, -0.15) is 0 Å². The lowest BCUT2D eigenvalue weighted by Gasteiger charge is -2.23. The Labute approximate surface area is 158 Å². The van der Waals surface area contributed by atoms with Crippen molar-refractivity contribution in [3.05, 3.63) is 41.9 Å². The van der Waals surface area contributed by atoms with E-state index in [0.717, 1.165) is 11.3 Å². The van der Waals surface area contributed by atoms with Gasteiger partial charge in [0.15, 0.2) is 9.84 Å². The van der Waals surface area contributed by atoms with Gasteiger partial charge in [0.1, 0.15) is 23.6 Å². The van der Waals surface area contributed by atoms with E-state index in [0.29, 0.717) is 18.0 Å². The number of amides is 1. The lowest BCUT2D eigenvalue weighted by molar-refractivity contribution is 0.0741. The number of carbonyl (C=O) groups is 1. The van der Waals surface area contributed by atoms with Crippen LogP contribution in [0.25, 0.3) is 0 Å². The number of methoxy groups -OCH3 is 1. The van der Waals surface area contributed by atoms with Gasteiger partial charge in [-0.1, -0.05) is 6.07 Å². The highest BCUT2D eigenvalue weighted by Crippen LogP contribution is 2.28. The molecule has 3 rings (SSSR count). The highest BCUT2D eigenvalue weighted by molar-refractivity contribution is 7.91. The minimum Gasteiger partial charge on any atom is -0.495 e. The molecular weight excluding hydrogens is 368 g/mol. The summed E-state index contributed by atoms with van der Waals surface area (Å²) in [6.07, 6.45) is 1.75. The van der Waals surface area contributed by atoms with E-state index in [-0.39, 0.29) is 29.1 Å². The van der Waals surface area contributed by atoms with Gasteiger partial charge in [0.05, 0.1) is 24.3 Å².